The fourth-order valence-electron chi connectivity index (χ4n) is 2.96. The van der Waals surface area contributed by atoms with Gasteiger partial charge >= 0.3 is 5.97 Å². The summed E-state index contributed by atoms with van der Waals surface area (Å²) in [6, 6.07) is 12.3. The molecular weight excluding hydrogens is 300 g/mol. The van der Waals surface area contributed by atoms with Crippen LogP contribution >= 0.6 is 0 Å². The van der Waals surface area contributed by atoms with E-state index in [0.717, 1.165) is 29.5 Å². The van der Waals surface area contributed by atoms with Crippen LogP contribution < -0.4 is 0 Å². The number of carbonyl (C=O) groups is 1. The molecule has 0 aliphatic carbocycles. The van der Waals surface area contributed by atoms with Crippen LogP contribution in [0.4, 0.5) is 0 Å². The van der Waals surface area contributed by atoms with Crippen LogP contribution in [0.25, 0.3) is 11.1 Å². The topological polar surface area (TPSA) is 57.5 Å². The molecule has 0 aromatic heterocycles. The van der Waals surface area contributed by atoms with Crippen LogP contribution in [0.2, 0.25) is 0 Å². The molecule has 2 N–H and O–H groups in total. The highest BCUT2D eigenvalue weighted by atomic mass is 16.4. The van der Waals surface area contributed by atoms with Crippen LogP contribution in [0, 0.1) is 0 Å². The lowest BCUT2D eigenvalue weighted by Gasteiger charge is -2.11. The maximum atomic E-state index is 11.0. The molecule has 0 fully saturated rings. The number of aromatic hydroxyl groups is 1. The van der Waals surface area contributed by atoms with E-state index in [2.05, 4.69) is 6.92 Å². The second-order valence-corrected chi connectivity index (χ2v) is 6.24. The molecule has 0 saturated heterocycles. The Balaban J connectivity index is 2.08. The van der Waals surface area contributed by atoms with Gasteiger partial charge in [-0.1, -0.05) is 57.2 Å². The van der Waals surface area contributed by atoms with Crippen LogP contribution in [0.1, 0.15) is 61.4 Å². The first kappa shape index (κ1) is 18.1. The van der Waals surface area contributed by atoms with Crippen molar-refractivity contribution in [2.45, 2.75) is 51.9 Å². The highest BCUT2D eigenvalue weighted by Gasteiger charge is 2.08. The van der Waals surface area contributed by atoms with E-state index in [1.54, 1.807) is 18.2 Å². The van der Waals surface area contributed by atoms with Gasteiger partial charge in [0.2, 0.25) is 0 Å². The molecule has 0 radical (unpaired) electrons. The molecule has 2 rings (SSSR count). The molecule has 0 unspecified atom stereocenters. The number of phenolic OH excluding ortho intramolecular Hbond substituents is 1. The summed E-state index contributed by atoms with van der Waals surface area (Å²) in [5.74, 6) is -0.638. The van der Waals surface area contributed by atoms with Gasteiger partial charge in [-0.05, 0) is 53.8 Å². The zero-order valence-corrected chi connectivity index (χ0v) is 14.3. The Morgan fingerprint density at radius 1 is 0.917 bits per heavy atom. The quantitative estimate of drug-likeness (QED) is 0.584. The molecule has 0 aliphatic rings. The van der Waals surface area contributed by atoms with Crippen molar-refractivity contribution in [1.29, 1.82) is 0 Å². The average molecular weight is 326 g/mol. The number of benzene rings is 2. The fourth-order valence-corrected chi connectivity index (χ4v) is 2.96. The van der Waals surface area contributed by atoms with E-state index in [-0.39, 0.29) is 11.3 Å². The smallest absolute Gasteiger partial charge is 0.335 e. The van der Waals surface area contributed by atoms with Crippen LogP contribution in [0.15, 0.2) is 42.5 Å². The van der Waals surface area contributed by atoms with Gasteiger partial charge in [-0.2, -0.15) is 0 Å². The number of carboxylic acids is 1. The normalized spacial score (nSPS) is 10.7. The van der Waals surface area contributed by atoms with Crippen molar-refractivity contribution in [1.82, 2.24) is 0 Å². The minimum absolute atomic E-state index is 0.280. The van der Waals surface area contributed by atoms with Gasteiger partial charge in [0.05, 0.1) is 5.56 Å². The first-order valence-electron chi connectivity index (χ1n) is 8.77. The van der Waals surface area contributed by atoms with Gasteiger partial charge in [-0.15, -0.1) is 0 Å². The fraction of sp³-hybridized carbons (Fsp3) is 0.381. The van der Waals surface area contributed by atoms with E-state index in [0.29, 0.717) is 0 Å². The third kappa shape index (κ3) is 5.12. The predicted octanol–water partition coefficient (Wildman–Crippen LogP) is 5.66. The van der Waals surface area contributed by atoms with Crippen LogP contribution in [-0.4, -0.2) is 16.2 Å². The highest BCUT2D eigenvalue weighted by molar-refractivity contribution is 5.88. The zero-order valence-electron chi connectivity index (χ0n) is 14.3. The third-order valence-electron chi connectivity index (χ3n) is 4.33. The molecule has 0 atom stereocenters. The van der Waals surface area contributed by atoms with Gasteiger partial charge < -0.3 is 10.2 Å². The SMILES string of the molecule is CCCCCCCCc1cc(O)ccc1-c1ccc(C(=O)O)cc1. The summed E-state index contributed by atoms with van der Waals surface area (Å²) in [6.45, 7) is 2.22. The maximum Gasteiger partial charge on any atom is 0.335 e. The Kier molecular flexibility index (Phi) is 6.86. The number of hydrogen-bond acceptors (Lipinski definition) is 2. The Bertz CT molecular complexity index is 659. The summed E-state index contributed by atoms with van der Waals surface area (Å²) in [6.07, 6.45) is 8.34. The Hall–Kier alpha value is -2.29. The second-order valence-electron chi connectivity index (χ2n) is 6.24. The van der Waals surface area contributed by atoms with E-state index in [1.165, 1.54) is 32.1 Å². The largest absolute Gasteiger partial charge is 0.508 e. The van der Waals surface area contributed by atoms with Gasteiger partial charge in [0.15, 0.2) is 0 Å². The molecule has 3 heteroatoms. The van der Waals surface area contributed by atoms with Gasteiger partial charge in [0.25, 0.3) is 0 Å². The lowest BCUT2D eigenvalue weighted by atomic mass is 9.94. The highest BCUT2D eigenvalue weighted by Crippen LogP contribution is 2.29. The standard InChI is InChI=1S/C21H26O3/c1-2-3-4-5-6-7-8-18-15-19(22)13-14-20(18)16-9-11-17(12-10-16)21(23)24/h9-15,22H,2-8H2,1H3,(H,23,24). The van der Waals surface area contributed by atoms with Crippen molar-refractivity contribution < 1.29 is 15.0 Å². The average Bonchev–Trinajstić information content (AvgIpc) is 2.58. The molecule has 2 aromatic carbocycles. The van der Waals surface area contributed by atoms with Crippen LogP contribution in [0.5, 0.6) is 5.75 Å². The molecule has 0 heterocycles. The first-order valence-corrected chi connectivity index (χ1v) is 8.77. The number of hydrogen-bond donors (Lipinski definition) is 2. The lowest BCUT2D eigenvalue weighted by molar-refractivity contribution is 0.0697. The number of carboxylic acid groups (broad SMARTS) is 1. The molecule has 0 amide bonds. The third-order valence-corrected chi connectivity index (χ3v) is 4.33. The second kappa shape index (κ2) is 9.11. The number of aryl methyl sites for hydroxylation is 1. The minimum Gasteiger partial charge on any atom is -0.508 e. The predicted molar refractivity (Wildman–Crippen MR) is 97.6 cm³/mol. The van der Waals surface area contributed by atoms with Gasteiger partial charge in [0.1, 0.15) is 5.75 Å². The Morgan fingerprint density at radius 2 is 1.58 bits per heavy atom. The Labute approximate surface area is 144 Å². The maximum absolute atomic E-state index is 11.0. The summed E-state index contributed by atoms with van der Waals surface area (Å²) in [5.41, 5.74) is 3.46. The number of aromatic carboxylic acids is 1. The van der Waals surface area contributed by atoms with Crippen molar-refractivity contribution in [3.8, 4) is 16.9 Å². The van der Waals surface area contributed by atoms with Crippen molar-refractivity contribution in [2.24, 2.45) is 0 Å². The van der Waals surface area contributed by atoms with Crippen LogP contribution in [0.3, 0.4) is 0 Å². The van der Waals surface area contributed by atoms with E-state index in [4.69, 9.17) is 5.11 Å². The van der Waals surface area contributed by atoms with Crippen molar-refractivity contribution in [3.05, 3.63) is 53.6 Å². The summed E-state index contributed by atoms with van der Waals surface area (Å²) >= 11 is 0. The zero-order chi connectivity index (χ0) is 17.4. The molecule has 3 nitrogen and oxygen atoms in total. The molecule has 0 saturated carbocycles. The van der Waals surface area contributed by atoms with Gasteiger partial charge in [-0.3, -0.25) is 0 Å². The number of rotatable bonds is 9. The number of phenols is 1. The molecular formula is C21H26O3. The van der Waals surface area contributed by atoms with E-state index in [9.17, 15) is 9.90 Å². The van der Waals surface area contributed by atoms with Gasteiger partial charge in [-0.25, -0.2) is 4.79 Å². The molecule has 2 aromatic rings. The van der Waals surface area contributed by atoms with Crippen LogP contribution in [-0.2, 0) is 6.42 Å². The van der Waals surface area contributed by atoms with Gasteiger partial charge in [0, 0.05) is 0 Å². The molecule has 128 valence electrons. The minimum atomic E-state index is -0.917. The summed E-state index contributed by atoms with van der Waals surface area (Å²) < 4.78 is 0. The van der Waals surface area contributed by atoms with E-state index in [1.807, 2.05) is 24.3 Å². The monoisotopic (exact) mass is 326 g/mol. The van der Waals surface area contributed by atoms with Crippen molar-refractivity contribution in [3.63, 3.8) is 0 Å². The van der Waals surface area contributed by atoms with Crippen molar-refractivity contribution in [2.75, 3.05) is 0 Å². The Morgan fingerprint density at radius 3 is 2.25 bits per heavy atom. The van der Waals surface area contributed by atoms with Crippen molar-refractivity contribution >= 4 is 5.97 Å². The van der Waals surface area contributed by atoms with E-state index < -0.39 is 5.97 Å². The van der Waals surface area contributed by atoms with E-state index >= 15 is 0 Å². The first-order chi connectivity index (χ1) is 11.6. The molecule has 0 aliphatic heterocycles. The molecule has 24 heavy (non-hydrogen) atoms. The summed E-state index contributed by atoms with van der Waals surface area (Å²) in [5, 5.41) is 18.8. The number of unbranched alkanes of at least 4 members (excludes halogenated alkanes) is 5. The molecule has 0 bridgehead atoms. The summed E-state index contributed by atoms with van der Waals surface area (Å²) in [4.78, 5) is 11.0. The summed E-state index contributed by atoms with van der Waals surface area (Å²) in [7, 11) is 0. The molecule has 0 spiro atoms. The lowest BCUT2D eigenvalue weighted by Crippen LogP contribution is -1.96.